The van der Waals surface area contributed by atoms with Crippen LogP contribution in [0.15, 0.2) is 0 Å². The van der Waals surface area contributed by atoms with Crippen LogP contribution in [0.3, 0.4) is 0 Å². The SMILES string of the molecule is CC(N)C(C)C(=O)N1CCC(N2CCCCC2)CC1.Cl.Cl. The Bertz CT molecular complexity index is 301. The Hall–Kier alpha value is -0.0300. The first-order chi connectivity index (χ1) is 9.09. The zero-order valence-electron chi connectivity index (χ0n) is 13.3. The molecule has 2 rings (SSSR count). The fourth-order valence-corrected chi connectivity index (χ4v) is 3.25. The molecule has 2 fully saturated rings. The van der Waals surface area contributed by atoms with Crippen LogP contribution in [0.2, 0.25) is 0 Å². The highest BCUT2D eigenvalue weighted by Crippen LogP contribution is 2.22. The number of carbonyl (C=O) groups excluding carboxylic acids is 1. The Morgan fingerprint density at radius 3 is 2.00 bits per heavy atom. The summed E-state index contributed by atoms with van der Waals surface area (Å²) in [6, 6.07) is 0.655. The fourth-order valence-electron chi connectivity index (χ4n) is 3.25. The second-order valence-electron chi connectivity index (χ2n) is 6.30. The van der Waals surface area contributed by atoms with E-state index in [1.807, 2.05) is 18.7 Å². The number of halogens is 2. The lowest BCUT2D eigenvalue weighted by Crippen LogP contribution is -2.50. The van der Waals surface area contributed by atoms with E-state index in [4.69, 9.17) is 5.73 Å². The van der Waals surface area contributed by atoms with Crippen LogP contribution >= 0.6 is 24.8 Å². The molecule has 0 bridgehead atoms. The molecule has 4 nitrogen and oxygen atoms in total. The maximum atomic E-state index is 12.3. The molecule has 0 saturated carbocycles. The van der Waals surface area contributed by atoms with Crippen LogP contribution in [-0.2, 0) is 4.79 Å². The summed E-state index contributed by atoms with van der Waals surface area (Å²) in [7, 11) is 0. The molecule has 2 saturated heterocycles. The summed E-state index contributed by atoms with van der Waals surface area (Å²) in [5, 5.41) is 0. The van der Waals surface area contributed by atoms with E-state index in [0.717, 1.165) is 25.9 Å². The third-order valence-electron chi connectivity index (χ3n) is 4.86. The number of amides is 1. The summed E-state index contributed by atoms with van der Waals surface area (Å²) in [6.07, 6.45) is 6.36. The van der Waals surface area contributed by atoms with Crippen molar-refractivity contribution in [3.05, 3.63) is 0 Å². The number of carbonyl (C=O) groups is 1. The van der Waals surface area contributed by atoms with Gasteiger partial charge in [-0.3, -0.25) is 4.79 Å². The van der Waals surface area contributed by atoms with Crippen molar-refractivity contribution >= 4 is 30.7 Å². The van der Waals surface area contributed by atoms with Crippen LogP contribution in [0.1, 0.15) is 46.0 Å². The molecular weight excluding hydrogens is 309 g/mol. The average Bonchev–Trinajstić information content (AvgIpc) is 2.46. The molecular formula is C15H31Cl2N3O. The van der Waals surface area contributed by atoms with Crippen molar-refractivity contribution in [1.29, 1.82) is 0 Å². The zero-order valence-corrected chi connectivity index (χ0v) is 14.9. The summed E-state index contributed by atoms with van der Waals surface area (Å²) in [6.45, 7) is 8.21. The minimum absolute atomic E-state index is 0. The molecule has 2 atom stereocenters. The predicted molar refractivity (Wildman–Crippen MR) is 92.3 cm³/mol. The first-order valence-electron chi connectivity index (χ1n) is 7.88. The number of nitrogens with two attached hydrogens (primary N) is 1. The maximum absolute atomic E-state index is 12.3. The Morgan fingerprint density at radius 2 is 1.52 bits per heavy atom. The third kappa shape index (κ3) is 5.59. The summed E-state index contributed by atoms with van der Waals surface area (Å²) in [5.41, 5.74) is 5.83. The van der Waals surface area contributed by atoms with Gasteiger partial charge in [0.25, 0.3) is 0 Å². The summed E-state index contributed by atoms with van der Waals surface area (Å²) in [5.74, 6) is 0.193. The van der Waals surface area contributed by atoms with Gasteiger partial charge in [0.1, 0.15) is 0 Å². The Morgan fingerprint density at radius 1 is 1.00 bits per heavy atom. The second-order valence-corrected chi connectivity index (χ2v) is 6.30. The number of hydrogen-bond donors (Lipinski definition) is 1. The molecule has 2 heterocycles. The molecule has 21 heavy (non-hydrogen) atoms. The third-order valence-corrected chi connectivity index (χ3v) is 4.86. The molecule has 2 unspecified atom stereocenters. The van der Waals surface area contributed by atoms with Crippen LogP contribution < -0.4 is 5.73 Å². The molecule has 1 amide bonds. The van der Waals surface area contributed by atoms with Crippen LogP contribution in [0.25, 0.3) is 0 Å². The number of nitrogens with zero attached hydrogens (tertiary/aromatic N) is 2. The maximum Gasteiger partial charge on any atom is 0.226 e. The van der Waals surface area contributed by atoms with E-state index in [1.54, 1.807) is 0 Å². The molecule has 0 aromatic rings. The fraction of sp³-hybridized carbons (Fsp3) is 0.933. The first kappa shape index (κ1) is 21.0. The monoisotopic (exact) mass is 339 g/mol. The summed E-state index contributed by atoms with van der Waals surface area (Å²) >= 11 is 0. The zero-order chi connectivity index (χ0) is 13.8. The van der Waals surface area contributed by atoms with E-state index < -0.39 is 0 Å². The van der Waals surface area contributed by atoms with E-state index in [-0.39, 0.29) is 42.7 Å². The van der Waals surface area contributed by atoms with Crippen LogP contribution in [0.5, 0.6) is 0 Å². The topological polar surface area (TPSA) is 49.6 Å². The van der Waals surface area contributed by atoms with Gasteiger partial charge in [-0.2, -0.15) is 0 Å². The van der Waals surface area contributed by atoms with Gasteiger partial charge in [0.05, 0.1) is 5.92 Å². The number of rotatable bonds is 3. The molecule has 0 aromatic carbocycles. The highest BCUT2D eigenvalue weighted by molar-refractivity contribution is 5.85. The van der Waals surface area contributed by atoms with Gasteiger partial charge in [-0.25, -0.2) is 0 Å². The number of likely N-dealkylation sites (tertiary alicyclic amines) is 2. The van der Waals surface area contributed by atoms with Crippen LogP contribution in [-0.4, -0.2) is 54.0 Å². The molecule has 126 valence electrons. The molecule has 6 heteroatoms. The predicted octanol–water partition coefficient (Wildman–Crippen LogP) is 2.29. The summed E-state index contributed by atoms with van der Waals surface area (Å²) < 4.78 is 0. The Labute approximate surface area is 141 Å². The minimum Gasteiger partial charge on any atom is -0.342 e. The standard InChI is InChI=1S/C15H29N3O.2ClH/c1-12(13(2)16)15(19)18-10-6-14(7-11-18)17-8-4-3-5-9-17;;/h12-14H,3-11,16H2,1-2H3;2*1H. The molecule has 0 aromatic heterocycles. The highest BCUT2D eigenvalue weighted by atomic mass is 35.5. The van der Waals surface area contributed by atoms with Gasteiger partial charge < -0.3 is 15.5 Å². The average molecular weight is 340 g/mol. The lowest BCUT2D eigenvalue weighted by Gasteiger charge is -2.41. The highest BCUT2D eigenvalue weighted by Gasteiger charge is 2.30. The van der Waals surface area contributed by atoms with Crippen LogP contribution in [0, 0.1) is 5.92 Å². The van der Waals surface area contributed by atoms with Gasteiger partial charge in [-0.1, -0.05) is 13.3 Å². The number of piperidine rings is 2. The lowest BCUT2D eigenvalue weighted by molar-refractivity contribution is -0.137. The minimum atomic E-state index is -0.0495. The van der Waals surface area contributed by atoms with E-state index in [9.17, 15) is 4.79 Å². The van der Waals surface area contributed by atoms with Gasteiger partial charge in [0, 0.05) is 25.2 Å². The second kappa shape index (κ2) is 9.88. The molecule has 0 spiro atoms. The van der Waals surface area contributed by atoms with Crippen molar-refractivity contribution < 1.29 is 4.79 Å². The molecule has 2 aliphatic rings. The molecule has 0 radical (unpaired) electrons. The van der Waals surface area contributed by atoms with Crippen molar-refractivity contribution in [2.24, 2.45) is 11.7 Å². The van der Waals surface area contributed by atoms with Crippen molar-refractivity contribution in [2.75, 3.05) is 26.2 Å². The first-order valence-corrected chi connectivity index (χ1v) is 7.88. The molecule has 0 aliphatic carbocycles. The molecule has 2 aliphatic heterocycles. The normalized spacial score (nSPS) is 23.7. The quantitative estimate of drug-likeness (QED) is 0.858. The Kier molecular flexibility index (Phi) is 9.87. The molecule has 2 N–H and O–H groups in total. The van der Waals surface area contributed by atoms with Gasteiger partial charge >= 0.3 is 0 Å². The lowest BCUT2D eigenvalue weighted by atomic mass is 9.97. The van der Waals surface area contributed by atoms with E-state index in [0.29, 0.717) is 6.04 Å². The van der Waals surface area contributed by atoms with E-state index in [1.165, 1.54) is 32.4 Å². The van der Waals surface area contributed by atoms with Gasteiger partial charge in [0.2, 0.25) is 5.91 Å². The largest absolute Gasteiger partial charge is 0.342 e. The van der Waals surface area contributed by atoms with Crippen molar-refractivity contribution in [3.63, 3.8) is 0 Å². The van der Waals surface area contributed by atoms with Crippen molar-refractivity contribution in [1.82, 2.24) is 9.80 Å². The van der Waals surface area contributed by atoms with Crippen molar-refractivity contribution in [3.8, 4) is 0 Å². The van der Waals surface area contributed by atoms with Crippen LogP contribution in [0.4, 0.5) is 0 Å². The summed E-state index contributed by atoms with van der Waals surface area (Å²) in [4.78, 5) is 16.9. The smallest absolute Gasteiger partial charge is 0.226 e. The van der Waals surface area contributed by atoms with E-state index in [2.05, 4.69) is 4.90 Å². The van der Waals surface area contributed by atoms with Gasteiger partial charge in [0.15, 0.2) is 0 Å². The number of hydrogen-bond acceptors (Lipinski definition) is 3. The van der Waals surface area contributed by atoms with E-state index >= 15 is 0 Å². The van der Waals surface area contributed by atoms with Gasteiger partial charge in [-0.05, 0) is 45.7 Å². The van der Waals surface area contributed by atoms with Crippen molar-refractivity contribution in [2.45, 2.75) is 58.0 Å². The Balaban J connectivity index is 0.00000200. The van der Waals surface area contributed by atoms with Gasteiger partial charge in [-0.15, -0.1) is 24.8 Å².